The average Bonchev–Trinajstić information content (AvgIpc) is 3.22. The fourth-order valence-electron chi connectivity index (χ4n) is 2.71. The van der Waals surface area contributed by atoms with E-state index in [0.29, 0.717) is 17.3 Å². The van der Waals surface area contributed by atoms with E-state index in [2.05, 4.69) is 20.7 Å². The molecule has 0 spiro atoms. The van der Waals surface area contributed by atoms with Gasteiger partial charge < -0.3 is 5.32 Å². The maximum absolute atomic E-state index is 12.3. The Kier molecular flexibility index (Phi) is 4.37. The highest BCUT2D eigenvalue weighted by Crippen LogP contribution is 2.14. The van der Waals surface area contributed by atoms with Gasteiger partial charge in [0.1, 0.15) is 12.1 Å². The number of carbonyl (C=O) groups is 1. The molecule has 4 aromatic rings. The van der Waals surface area contributed by atoms with E-state index in [4.69, 9.17) is 11.6 Å². The van der Waals surface area contributed by atoms with E-state index in [1.54, 1.807) is 21.8 Å². The number of aromatic nitrogens is 5. The topological polar surface area (TPSA) is 77.6 Å². The number of nitrogens with zero attached hydrogens (tertiary/aromatic N) is 5. The lowest BCUT2D eigenvalue weighted by molar-refractivity contribution is -0.116. The molecular weight excluding hydrogens is 352 g/mol. The summed E-state index contributed by atoms with van der Waals surface area (Å²) in [6.07, 6.45) is 3.39. The van der Waals surface area contributed by atoms with E-state index in [9.17, 15) is 4.79 Å². The number of benzene rings is 2. The molecule has 0 saturated carbocycles. The monoisotopic (exact) mass is 366 g/mol. The second kappa shape index (κ2) is 6.97. The van der Waals surface area contributed by atoms with Gasteiger partial charge in [-0.2, -0.15) is 5.10 Å². The molecule has 0 bridgehead atoms. The molecule has 0 aliphatic rings. The zero-order valence-corrected chi connectivity index (χ0v) is 14.5. The van der Waals surface area contributed by atoms with E-state index in [1.165, 1.54) is 0 Å². The Labute approximate surface area is 154 Å². The van der Waals surface area contributed by atoms with E-state index in [1.807, 2.05) is 48.5 Å². The summed E-state index contributed by atoms with van der Waals surface area (Å²) in [7, 11) is 0. The van der Waals surface area contributed by atoms with Crippen molar-refractivity contribution in [3.8, 4) is 0 Å². The molecule has 0 saturated heterocycles. The van der Waals surface area contributed by atoms with Crippen molar-refractivity contribution in [2.75, 3.05) is 5.32 Å². The third-order valence-corrected chi connectivity index (χ3v) is 4.10. The van der Waals surface area contributed by atoms with Gasteiger partial charge in [0.25, 0.3) is 0 Å². The first kappa shape index (κ1) is 16.3. The number of hydrogen-bond donors (Lipinski definition) is 1. The summed E-state index contributed by atoms with van der Waals surface area (Å²) in [5.41, 5.74) is 3.24. The molecule has 130 valence electrons. The number of halogens is 1. The highest BCUT2D eigenvalue weighted by atomic mass is 35.5. The predicted molar refractivity (Wildman–Crippen MR) is 98.9 cm³/mol. The van der Waals surface area contributed by atoms with Gasteiger partial charge in [-0.1, -0.05) is 41.1 Å². The summed E-state index contributed by atoms with van der Waals surface area (Å²) < 4.78 is 3.31. The molecule has 0 aliphatic carbocycles. The summed E-state index contributed by atoms with van der Waals surface area (Å²) >= 11 is 5.99. The van der Waals surface area contributed by atoms with Crippen molar-refractivity contribution in [3.05, 3.63) is 71.5 Å². The highest BCUT2D eigenvalue weighted by molar-refractivity contribution is 6.30. The van der Waals surface area contributed by atoms with E-state index in [0.717, 1.165) is 16.6 Å². The van der Waals surface area contributed by atoms with Crippen LogP contribution in [0.2, 0.25) is 5.02 Å². The smallest absolute Gasteiger partial charge is 0.246 e. The molecule has 2 heterocycles. The van der Waals surface area contributed by atoms with Gasteiger partial charge in [0, 0.05) is 11.2 Å². The second-order valence-corrected chi connectivity index (χ2v) is 6.28. The van der Waals surface area contributed by atoms with Crippen LogP contribution in [0.15, 0.2) is 60.9 Å². The van der Waals surface area contributed by atoms with Crippen LogP contribution < -0.4 is 5.32 Å². The predicted octanol–water partition coefficient (Wildman–Crippen LogP) is 2.97. The molecule has 26 heavy (non-hydrogen) atoms. The van der Waals surface area contributed by atoms with Crippen LogP contribution in [0.5, 0.6) is 0 Å². The van der Waals surface area contributed by atoms with Gasteiger partial charge in [0.05, 0.1) is 23.9 Å². The Morgan fingerprint density at radius 1 is 1.15 bits per heavy atom. The normalized spacial score (nSPS) is 11.0. The van der Waals surface area contributed by atoms with Gasteiger partial charge in [0.2, 0.25) is 5.91 Å². The van der Waals surface area contributed by atoms with Crippen LogP contribution in [0.4, 0.5) is 5.69 Å². The van der Waals surface area contributed by atoms with Crippen molar-refractivity contribution in [3.63, 3.8) is 0 Å². The lowest BCUT2D eigenvalue weighted by Gasteiger charge is -2.04. The quantitative estimate of drug-likeness (QED) is 0.589. The number of amides is 1. The van der Waals surface area contributed by atoms with E-state index < -0.39 is 0 Å². The molecule has 0 fully saturated rings. The fraction of sp³-hybridized carbons (Fsp3) is 0.111. The van der Waals surface area contributed by atoms with Crippen molar-refractivity contribution in [2.45, 2.75) is 13.1 Å². The minimum absolute atomic E-state index is 0.0833. The molecule has 0 unspecified atom stereocenters. The van der Waals surface area contributed by atoms with Crippen LogP contribution >= 0.6 is 11.6 Å². The van der Waals surface area contributed by atoms with Gasteiger partial charge >= 0.3 is 0 Å². The first-order valence-corrected chi connectivity index (χ1v) is 8.40. The molecule has 2 aromatic heterocycles. The number of carbonyl (C=O) groups excluding carboxylic acids is 1. The summed E-state index contributed by atoms with van der Waals surface area (Å²) in [5, 5.41) is 15.8. The second-order valence-electron chi connectivity index (χ2n) is 5.84. The molecule has 7 nitrogen and oxygen atoms in total. The number of nitrogens with one attached hydrogen (secondary N) is 1. The van der Waals surface area contributed by atoms with Crippen molar-refractivity contribution < 1.29 is 4.79 Å². The van der Waals surface area contributed by atoms with Crippen LogP contribution in [-0.2, 0) is 17.9 Å². The summed E-state index contributed by atoms with van der Waals surface area (Å²) in [4.78, 5) is 12.3. The highest BCUT2D eigenvalue weighted by Gasteiger charge is 2.10. The molecule has 0 aliphatic heterocycles. The van der Waals surface area contributed by atoms with E-state index in [-0.39, 0.29) is 12.5 Å². The largest absolute Gasteiger partial charge is 0.322 e. The first-order valence-electron chi connectivity index (χ1n) is 8.02. The number of rotatable bonds is 5. The minimum Gasteiger partial charge on any atom is -0.322 e. The van der Waals surface area contributed by atoms with Crippen LogP contribution in [0.25, 0.3) is 11.0 Å². The van der Waals surface area contributed by atoms with Gasteiger partial charge in [-0.3, -0.25) is 9.48 Å². The summed E-state index contributed by atoms with van der Waals surface area (Å²) in [6, 6.07) is 15.1. The maximum atomic E-state index is 12.3. The Bertz CT molecular complexity index is 1070. The number of para-hydroxylation sites is 1. The zero-order chi connectivity index (χ0) is 17.9. The standard InChI is InChI=1S/C18H15ClN6O/c19-14-5-3-4-13(8-14)10-24-11-15(9-20-24)21-18(26)12-25-17-7-2-1-6-16(17)22-23-25/h1-9,11H,10,12H2,(H,21,26). The Hall–Kier alpha value is -3.19. The van der Waals surface area contributed by atoms with Crippen LogP contribution in [0.1, 0.15) is 5.56 Å². The molecule has 2 aromatic carbocycles. The third-order valence-electron chi connectivity index (χ3n) is 3.86. The average molecular weight is 367 g/mol. The molecule has 1 N–H and O–H groups in total. The maximum Gasteiger partial charge on any atom is 0.246 e. The molecular formula is C18H15ClN6O. The first-order chi connectivity index (χ1) is 12.7. The zero-order valence-electron chi connectivity index (χ0n) is 13.7. The van der Waals surface area contributed by atoms with Crippen LogP contribution in [0, 0.1) is 0 Å². The molecule has 0 atom stereocenters. The van der Waals surface area contributed by atoms with Crippen LogP contribution in [-0.4, -0.2) is 30.7 Å². The Morgan fingerprint density at radius 2 is 2.04 bits per heavy atom. The number of fused-ring (bicyclic) bond motifs is 1. The Balaban J connectivity index is 1.41. The van der Waals surface area contributed by atoms with Gasteiger partial charge in [-0.05, 0) is 29.8 Å². The van der Waals surface area contributed by atoms with Crippen molar-refractivity contribution in [1.29, 1.82) is 0 Å². The van der Waals surface area contributed by atoms with Gasteiger partial charge in [-0.15, -0.1) is 5.10 Å². The third kappa shape index (κ3) is 3.57. The van der Waals surface area contributed by atoms with Gasteiger partial charge in [0.15, 0.2) is 0 Å². The SMILES string of the molecule is O=C(Cn1nnc2ccccc21)Nc1cnn(Cc2cccc(Cl)c2)c1. The lowest BCUT2D eigenvalue weighted by atomic mass is 10.2. The fourth-order valence-corrected chi connectivity index (χ4v) is 2.92. The lowest BCUT2D eigenvalue weighted by Crippen LogP contribution is -2.19. The summed E-state index contributed by atoms with van der Waals surface area (Å²) in [6.45, 7) is 0.657. The molecule has 0 radical (unpaired) electrons. The molecule has 8 heteroatoms. The molecule has 1 amide bonds. The number of anilines is 1. The Morgan fingerprint density at radius 3 is 2.92 bits per heavy atom. The minimum atomic E-state index is -0.192. The van der Waals surface area contributed by atoms with E-state index >= 15 is 0 Å². The van der Waals surface area contributed by atoms with Crippen LogP contribution in [0.3, 0.4) is 0 Å². The summed E-state index contributed by atoms with van der Waals surface area (Å²) in [5.74, 6) is -0.192. The van der Waals surface area contributed by atoms with Crippen molar-refractivity contribution in [1.82, 2.24) is 24.8 Å². The van der Waals surface area contributed by atoms with Gasteiger partial charge in [-0.25, -0.2) is 4.68 Å². The van der Waals surface area contributed by atoms with Crippen molar-refractivity contribution >= 4 is 34.2 Å². The number of hydrogen-bond acceptors (Lipinski definition) is 4. The van der Waals surface area contributed by atoms with Crippen molar-refractivity contribution in [2.24, 2.45) is 0 Å². The molecule has 4 rings (SSSR count).